The van der Waals surface area contributed by atoms with Gasteiger partial charge >= 0.3 is 0 Å². The SMILES string of the molecule is CN(C)/C=C\C(=C/C=O)Nc1cc(C#N)c(N2CCN(C(=O)C[C@H]3CCO3)C(C3CC3)C2)nc1C1CC1. The van der Waals surface area contributed by atoms with E-state index in [1.807, 2.05) is 37.3 Å². The fraction of sp³-hybridized carbons (Fsp3) is 0.571. The number of aldehydes is 1. The molecule has 0 aromatic carbocycles. The van der Waals surface area contributed by atoms with Gasteiger partial charge in [0, 0.05) is 64.2 Å². The van der Waals surface area contributed by atoms with Crippen molar-refractivity contribution < 1.29 is 14.3 Å². The number of aromatic nitrogens is 1. The lowest BCUT2D eigenvalue weighted by Gasteiger charge is -2.43. The minimum Gasteiger partial charge on any atom is -0.383 e. The quantitative estimate of drug-likeness (QED) is 0.295. The summed E-state index contributed by atoms with van der Waals surface area (Å²) < 4.78 is 5.51. The van der Waals surface area contributed by atoms with Gasteiger partial charge in [-0.05, 0) is 50.2 Å². The van der Waals surface area contributed by atoms with Crippen molar-refractivity contribution in [2.45, 2.75) is 56.6 Å². The molecule has 1 amide bonds. The number of carbonyl (C=O) groups is 2. The van der Waals surface area contributed by atoms with Gasteiger partial charge in [-0.25, -0.2) is 4.98 Å². The van der Waals surface area contributed by atoms with Gasteiger partial charge in [0.2, 0.25) is 5.91 Å². The van der Waals surface area contributed by atoms with Crippen molar-refractivity contribution in [3.8, 4) is 6.07 Å². The smallest absolute Gasteiger partial charge is 0.225 e. The normalized spacial score (nSPS) is 24.0. The predicted octanol–water partition coefficient (Wildman–Crippen LogP) is 3.01. The Morgan fingerprint density at radius 3 is 2.65 bits per heavy atom. The average Bonchev–Trinajstić information content (AvgIpc) is 3.77. The molecule has 3 heterocycles. The van der Waals surface area contributed by atoms with Gasteiger partial charge in [0.15, 0.2) is 0 Å². The van der Waals surface area contributed by atoms with E-state index in [0.717, 1.165) is 56.4 Å². The summed E-state index contributed by atoms with van der Waals surface area (Å²) in [5, 5.41) is 13.4. The maximum Gasteiger partial charge on any atom is 0.225 e. The number of allylic oxidation sites excluding steroid dienone is 2. The minimum atomic E-state index is 0.0733. The Morgan fingerprint density at radius 1 is 1.27 bits per heavy atom. The molecule has 4 aliphatic rings. The third kappa shape index (κ3) is 5.96. The molecule has 37 heavy (non-hydrogen) atoms. The number of rotatable bonds is 10. The first kappa shape index (κ1) is 25.3. The van der Waals surface area contributed by atoms with Crippen molar-refractivity contribution in [3.63, 3.8) is 0 Å². The number of nitrogens with one attached hydrogen (secondary N) is 1. The standard InChI is InChI=1S/C28H36N6O3/c1-32(2)10-7-22(8-13-35)30-24-15-21(17-29)28(31-27(24)20-5-6-20)33-11-12-34(25(18-33)19-3-4-19)26(36)16-23-9-14-37-23/h7-8,10,13,15,19-20,23,25,30H,3-6,9,11-12,14,16,18H2,1-2H3/b10-7-,22-8+/t23-,25?/m1/s1. The van der Waals surface area contributed by atoms with Gasteiger partial charge in [0.1, 0.15) is 18.2 Å². The van der Waals surface area contributed by atoms with Gasteiger partial charge in [-0.2, -0.15) is 5.26 Å². The number of nitriles is 1. The fourth-order valence-corrected chi connectivity index (χ4v) is 5.16. The number of nitrogens with zero attached hydrogens (tertiary/aromatic N) is 5. The van der Waals surface area contributed by atoms with Crippen LogP contribution in [0.5, 0.6) is 0 Å². The first-order valence-electron chi connectivity index (χ1n) is 13.3. The number of ether oxygens (including phenoxy) is 1. The molecule has 5 rings (SSSR count). The van der Waals surface area contributed by atoms with E-state index in [-0.39, 0.29) is 18.1 Å². The molecule has 9 heteroatoms. The van der Waals surface area contributed by atoms with E-state index in [0.29, 0.717) is 55.0 Å². The van der Waals surface area contributed by atoms with Crippen LogP contribution in [-0.2, 0) is 14.3 Å². The van der Waals surface area contributed by atoms with E-state index < -0.39 is 0 Å². The van der Waals surface area contributed by atoms with Crippen LogP contribution in [0, 0.1) is 17.2 Å². The topological polar surface area (TPSA) is 102 Å². The molecule has 2 saturated carbocycles. The molecule has 9 nitrogen and oxygen atoms in total. The number of carbonyl (C=O) groups excluding carboxylic acids is 2. The number of piperazine rings is 1. The molecular formula is C28H36N6O3. The van der Waals surface area contributed by atoms with Crippen molar-refractivity contribution in [2.24, 2.45) is 5.92 Å². The zero-order valence-corrected chi connectivity index (χ0v) is 21.7. The van der Waals surface area contributed by atoms with Crippen LogP contribution < -0.4 is 10.2 Å². The molecule has 0 radical (unpaired) electrons. The second-order valence-electron chi connectivity index (χ2n) is 10.8. The zero-order valence-electron chi connectivity index (χ0n) is 21.7. The van der Waals surface area contributed by atoms with E-state index in [4.69, 9.17) is 9.72 Å². The Balaban J connectivity index is 1.39. The Bertz CT molecular complexity index is 1130. The number of pyridine rings is 1. The van der Waals surface area contributed by atoms with Crippen LogP contribution >= 0.6 is 0 Å². The Morgan fingerprint density at radius 2 is 2.05 bits per heavy atom. The Hall–Kier alpha value is -3.38. The summed E-state index contributed by atoms with van der Waals surface area (Å²) >= 11 is 0. The highest BCUT2D eigenvalue weighted by atomic mass is 16.5. The molecule has 0 spiro atoms. The van der Waals surface area contributed by atoms with Crippen molar-refractivity contribution >= 4 is 23.7 Å². The molecule has 2 atom stereocenters. The van der Waals surface area contributed by atoms with Crippen LogP contribution in [0.25, 0.3) is 0 Å². The second kappa shape index (κ2) is 10.9. The first-order valence-corrected chi connectivity index (χ1v) is 13.3. The molecule has 196 valence electrons. The molecule has 2 aliphatic carbocycles. The van der Waals surface area contributed by atoms with Crippen LogP contribution in [0.4, 0.5) is 11.5 Å². The van der Waals surface area contributed by atoms with Crippen LogP contribution in [0.1, 0.15) is 55.7 Å². The number of anilines is 2. The van der Waals surface area contributed by atoms with E-state index in [1.165, 1.54) is 6.08 Å². The highest BCUT2D eigenvalue weighted by Crippen LogP contribution is 2.45. The molecule has 4 fully saturated rings. The third-order valence-electron chi connectivity index (χ3n) is 7.60. The summed E-state index contributed by atoms with van der Waals surface area (Å²) in [5.41, 5.74) is 2.85. The lowest BCUT2D eigenvalue weighted by atomic mass is 10.0. The third-order valence-corrected chi connectivity index (χ3v) is 7.60. The molecule has 2 aliphatic heterocycles. The molecule has 0 bridgehead atoms. The maximum atomic E-state index is 13.1. The van der Waals surface area contributed by atoms with E-state index >= 15 is 0 Å². The van der Waals surface area contributed by atoms with E-state index in [2.05, 4.69) is 21.2 Å². The second-order valence-corrected chi connectivity index (χ2v) is 10.8. The highest BCUT2D eigenvalue weighted by Gasteiger charge is 2.42. The molecule has 1 unspecified atom stereocenters. The fourth-order valence-electron chi connectivity index (χ4n) is 5.16. The van der Waals surface area contributed by atoms with Crippen molar-refractivity contribution in [2.75, 3.05) is 50.6 Å². The monoisotopic (exact) mass is 504 g/mol. The summed E-state index contributed by atoms with van der Waals surface area (Å²) in [6, 6.07) is 4.37. The lowest BCUT2D eigenvalue weighted by molar-refractivity contribution is -0.142. The van der Waals surface area contributed by atoms with E-state index in [1.54, 1.807) is 0 Å². The van der Waals surface area contributed by atoms with Gasteiger partial charge in [-0.15, -0.1) is 0 Å². The van der Waals surface area contributed by atoms with Crippen LogP contribution in [0.2, 0.25) is 0 Å². The van der Waals surface area contributed by atoms with Crippen molar-refractivity contribution in [3.05, 3.63) is 41.4 Å². The molecule has 1 aromatic heterocycles. The summed E-state index contributed by atoms with van der Waals surface area (Å²) in [5.74, 6) is 1.75. The lowest BCUT2D eigenvalue weighted by Crippen LogP contribution is -2.57. The Labute approximate surface area is 218 Å². The Kier molecular flexibility index (Phi) is 7.47. The van der Waals surface area contributed by atoms with Crippen molar-refractivity contribution in [1.29, 1.82) is 5.26 Å². The zero-order chi connectivity index (χ0) is 25.9. The average molecular weight is 505 g/mol. The van der Waals surface area contributed by atoms with Gasteiger partial charge in [-0.1, -0.05) is 0 Å². The number of amides is 1. The summed E-state index contributed by atoms with van der Waals surface area (Å²) in [6.45, 7) is 2.75. The van der Waals surface area contributed by atoms with Crippen LogP contribution in [0.15, 0.2) is 30.1 Å². The summed E-state index contributed by atoms with van der Waals surface area (Å²) in [4.78, 5) is 35.5. The predicted molar refractivity (Wildman–Crippen MR) is 141 cm³/mol. The first-order chi connectivity index (χ1) is 18.0. The van der Waals surface area contributed by atoms with Gasteiger partial charge < -0.3 is 24.8 Å². The van der Waals surface area contributed by atoms with Crippen LogP contribution in [-0.4, -0.2) is 79.5 Å². The van der Waals surface area contributed by atoms with Gasteiger partial charge in [0.05, 0.1) is 35.5 Å². The largest absolute Gasteiger partial charge is 0.383 e. The summed E-state index contributed by atoms with van der Waals surface area (Å²) in [6.07, 6.45) is 11.8. The van der Waals surface area contributed by atoms with Gasteiger partial charge in [-0.3, -0.25) is 9.59 Å². The minimum absolute atomic E-state index is 0.0733. The van der Waals surface area contributed by atoms with Crippen molar-refractivity contribution in [1.82, 2.24) is 14.8 Å². The molecule has 2 saturated heterocycles. The molecular weight excluding hydrogens is 468 g/mol. The van der Waals surface area contributed by atoms with Crippen LogP contribution in [0.3, 0.4) is 0 Å². The summed E-state index contributed by atoms with van der Waals surface area (Å²) in [7, 11) is 3.83. The molecule has 1 N–H and O–H groups in total. The molecule has 1 aromatic rings. The number of hydrogen-bond acceptors (Lipinski definition) is 8. The maximum absolute atomic E-state index is 13.1. The highest BCUT2D eigenvalue weighted by molar-refractivity contribution is 5.78. The number of hydrogen-bond donors (Lipinski definition) is 1. The van der Waals surface area contributed by atoms with Gasteiger partial charge in [0.25, 0.3) is 0 Å². The van der Waals surface area contributed by atoms with E-state index in [9.17, 15) is 14.9 Å².